The number of carbonyl (C=O) groups excluding carboxylic acids is 3. The Bertz CT molecular complexity index is 2010. The molecular weight excluding hydrogens is 679 g/mol. The largest absolute Gasteiger partial charge is 0.445 e. The smallest absolute Gasteiger partial charge is 0.319 e. The molecule has 1 saturated heterocycles. The Kier molecular flexibility index (Phi) is 11.8. The second-order valence-corrected chi connectivity index (χ2v) is 13.9. The number of hydrogen-bond donors (Lipinski definition) is 5. The molecule has 1 fully saturated rings. The molecule has 5 N–H and O–H groups in total. The number of urea groups is 1. The zero-order valence-electron chi connectivity index (χ0n) is 29.6. The SMILES string of the molecule is CCC(CC)NC(=O)Nc1ccc(Oc2cnc(NC(=O)c3ccc(-n4cc(CN5CCC(O)CC5)c5ccccc54)cc3)s2)c(CC(=O)NC)c1. The van der Waals surface area contributed by atoms with E-state index in [4.69, 9.17) is 4.74 Å². The van der Waals surface area contributed by atoms with Crippen LogP contribution >= 0.6 is 11.3 Å². The molecule has 6 rings (SSSR count). The molecule has 12 nitrogen and oxygen atoms in total. The van der Waals surface area contributed by atoms with E-state index in [1.54, 1.807) is 37.4 Å². The van der Waals surface area contributed by atoms with E-state index in [1.807, 2.05) is 38.1 Å². The summed E-state index contributed by atoms with van der Waals surface area (Å²) < 4.78 is 8.27. The summed E-state index contributed by atoms with van der Waals surface area (Å²) in [6.07, 6.45) is 6.75. The first-order chi connectivity index (χ1) is 25.2. The van der Waals surface area contributed by atoms with Gasteiger partial charge in [-0.05, 0) is 79.8 Å². The number of aromatic nitrogens is 2. The van der Waals surface area contributed by atoms with Gasteiger partial charge in [0.1, 0.15) is 5.75 Å². The Morgan fingerprint density at radius 2 is 1.73 bits per heavy atom. The van der Waals surface area contributed by atoms with Crippen LogP contribution in [0.15, 0.2) is 79.1 Å². The van der Waals surface area contributed by atoms with Crippen molar-refractivity contribution in [1.29, 1.82) is 0 Å². The number of para-hydroxylation sites is 1. The Labute approximate surface area is 307 Å². The van der Waals surface area contributed by atoms with Crippen LogP contribution in [0, 0.1) is 0 Å². The molecule has 52 heavy (non-hydrogen) atoms. The normalized spacial score (nSPS) is 13.6. The zero-order chi connectivity index (χ0) is 36.6. The maximum absolute atomic E-state index is 13.2. The summed E-state index contributed by atoms with van der Waals surface area (Å²) in [4.78, 5) is 44.8. The number of nitrogens with one attached hydrogen (secondary N) is 4. The van der Waals surface area contributed by atoms with Crippen molar-refractivity contribution in [1.82, 2.24) is 25.1 Å². The number of thiazole rings is 1. The first kappa shape index (κ1) is 36.5. The third-order valence-electron chi connectivity index (χ3n) is 9.34. The highest BCUT2D eigenvalue weighted by atomic mass is 32.1. The van der Waals surface area contributed by atoms with Gasteiger partial charge in [-0.1, -0.05) is 43.4 Å². The van der Waals surface area contributed by atoms with Gasteiger partial charge in [0.05, 0.1) is 24.2 Å². The molecule has 272 valence electrons. The van der Waals surface area contributed by atoms with Gasteiger partial charge in [-0.2, -0.15) is 0 Å². The number of carbonyl (C=O) groups is 3. The van der Waals surface area contributed by atoms with Gasteiger partial charge in [0.15, 0.2) is 5.13 Å². The number of fused-ring (bicyclic) bond motifs is 1. The molecule has 0 saturated carbocycles. The second kappa shape index (κ2) is 16.9. The molecule has 3 aromatic carbocycles. The fraction of sp³-hybridized carbons (Fsp3) is 0.333. The van der Waals surface area contributed by atoms with Crippen LogP contribution in [0.4, 0.5) is 15.6 Å². The maximum atomic E-state index is 13.2. The van der Waals surface area contributed by atoms with Crippen LogP contribution in [0.5, 0.6) is 10.8 Å². The molecule has 0 atom stereocenters. The predicted molar refractivity (Wildman–Crippen MR) is 205 cm³/mol. The van der Waals surface area contributed by atoms with Crippen molar-refractivity contribution in [3.05, 3.63) is 95.8 Å². The zero-order valence-corrected chi connectivity index (χ0v) is 30.5. The van der Waals surface area contributed by atoms with Crippen LogP contribution in [-0.2, 0) is 17.8 Å². The molecule has 0 spiro atoms. The Morgan fingerprint density at radius 1 is 0.981 bits per heavy atom. The number of aliphatic hydroxyl groups is 1. The van der Waals surface area contributed by atoms with Crippen molar-refractivity contribution in [3.8, 4) is 16.5 Å². The van der Waals surface area contributed by atoms with Gasteiger partial charge < -0.3 is 30.4 Å². The minimum atomic E-state index is -0.316. The highest BCUT2D eigenvalue weighted by Gasteiger charge is 2.20. The van der Waals surface area contributed by atoms with Crippen molar-refractivity contribution in [2.24, 2.45) is 0 Å². The van der Waals surface area contributed by atoms with Crippen LogP contribution in [0.2, 0.25) is 0 Å². The van der Waals surface area contributed by atoms with Gasteiger partial charge in [-0.25, -0.2) is 9.78 Å². The average Bonchev–Trinajstić information content (AvgIpc) is 3.76. The fourth-order valence-corrected chi connectivity index (χ4v) is 7.00. The summed E-state index contributed by atoms with van der Waals surface area (Å²) in [6.45, 7) is 6.60. The third kappa shape index (κ3) is 8.97. The topological polar surface area (TPSA) is 150 Å². The van der Waals surface area contributed by atoms with Crippen LogP contribution in [-0.4, -0.2) is 69.7 Å². The predicted octanol–water partition coefficient (Wildman–Crippen LogP) is 6.69. The highest BCUT2D eigenvalue weighted by Crippen LogP contribution is 2.34. The Hall–Kier alpha value is -5.24. The van der Waals surface area contributed by atoms with Crippen molar-refractivity contribution in [2.75, 3.05) is 30.8 Å². The molecule has 0 bridgehead atoms. The van der Waals surface area contributed by atoms with E-state index in [-0.39, 0.29) is 36.4 Å². The highest BCUT2D eigenvalue weighted by molar-refractivity contribution is 7.17. The standard InChI is InChI=1S/C39H45N7O5S/c1-4-28(5-2)42-38(50)43-29-12-15-34(26(20-29)21-35(48)40-3)51-36-22-41-39(52-36)44-37(49)25-10-13-30(14-11-25)46-24-27(32-8-6-7-9-33(32)46)23-45-18-16-31(47)17-19-45/h6-15,20,22,24,28,31,47H,4-5,16-19,21,23H2,1-3H3,(H,40,48)(H,41,44,49)(H2,42,43,50). The molecule has 0 aliphatic carbocycles. The van der Waals surface area contributed by atoms with Crippen LogP contribution in [0.1, 0.15) is 61.0 Å². The van der Waals surface area contributed by atoms with Gasteiger partial charge in [0.2, 0.25) is 11.0 Å². The fourth-order valence-electron chi connectivity index (χ4n) is 6.33. The molecule has 13 heteroatoms. The number of amides is 4. The third-order valence-corrected chi connectivity index (χ3v) is 10.1. The van der Waals surface area contributed by atoms with Gasteiger partial charge in [-0.15, -0.1) is 0 Å². The lowest BCUT2D eigenvalue weighted by molar-refractivity contribution is -0.119. The van der Waals surface area contributed by atoms with Crippen LogP contribution in [0.25, 0.3) is 16.6 Å². The summed E-state index contributed by atoms with van der Waals surface area (Å²) in [5.74, 6) is -0.0848. The number of likely N-dealkylation sites (N-methyl/N-ethyl adjacent to an activating group) is 1. The van der Waals surface area contributed by atoms with Crippen LogP contribution < -0.4 is 26.0 Å². The van der Waals surface area contributed by atoms with E-state index in [9.17, 15) is 19.5 Å². The van der Waals surface area contributed by atoms with E-state index in [0.29, 0.717) is 32.8 Å². The van der Waals surface area contributed by atoms with E-state index < -0.39 is 0 Å². The number of aliphatic hydroxyl groups excluding tert-OH is 1. The number of anilines is 2. The Balaban J connectivity index is 1.11. The lowest BCUT2D eigenvalue weighted by Crippen LogP contribution is -2.37. The van der Waals surface area contributed by atoms with Crippen molar-refractivity contribution in [2.45, 2.75) is 64.6 Å². The Morgan fingerprint density at radius 3 is 2.46 bits per heavy atom. The lowest BCUT2D eigenvalue weighted by atomic mass is 10.1. The van der Waals surface area contributed by atoms with Crippen LogP contribution in [0.3, 0.4) is 0 Å². The van der Waals surface area contributed by atoms with Gasteiger partial charge in [-0.3, -0.25) is 19.8 Å². The molecule has 1 aliphatic rings. The summed E-state index contributed by atoms with van der Waals surface area (Å²) in [7, 11) is 1.56. The molecule has 5 aromatic rings. The minimum absolute atomic E-state index is 0.0392. The number of nitrogens with zero attached hydrogens (tertiary/aromatic N) is 3. The summed E-state index contributed by atoms with van der Waals surface area (Å²) in [5.41, 5.74) is 4.85. The molecule has 0 unspecified atom stereocenters. The van der Waals surface area contributed by atoms with Crippen molar-refractivity contribution in [3.63, 3.8) is 0 Å². The number of rotatable bonds is 13. The summed E-state index contributed by atoms with van der Waals surface area (Å²) >= 11 is 1.16. The molecule has 4 amide bonds. The quantitative estimate of drug-likeness (QED) is 0.0909. The van der Waals surface area contributed by atoms with E-state index >= 15 is 0 Å². The number of ether oxygens (including phenoxy) is 1. The second-order valence-electron chi connectivity index (χ2n) is 12.9. The van der Waals surface area contributed by atoms with Gasteiger partial charge in [0, 0.05) is 66.8 Å². The number of likely N-dealkylation sites (tertiary alicyclic amines) is 1. The number of piperidine rings is 1. The van der Waals surface area contributed by atoms with E-state index in [0.717, 1.165) is 67.9 Å². The van der Waals surface area contributed by atoms with Gasteiger partial charge >= 0.3 is 6.03 Å². The first-order valence-corrected chi connectivity index (χ1v) is 18.5. The van der Waals surface area contributed by atoms with Crippen molar-refractivity contribution < 1.29 is 24.2 Å². The van der Waals surface area contributed by atoms with Crippen molar-refractivity contribution >= 4 is 50.9 Å². The summed E-state index contributed by atoms with van der Waals surface area (Å²) in [5, 5.41) is 23.2. The van der Waals surface area contributed by atoms with E-state index in [2.05, 4.69) is 54.0 Å². The average molecular weight is 724 g/mol. The van der Waals surface area contributed by atoms with E-state index in [1.165, 1.54) is 17.1 Å². The monoisotopic (exact) mass is 723 g/mol. The first-order valence-electron chi connectivity index (χ1n) is 17.7. The molecule has 2 aromatic heterocycles. The maximum Gasteiger partial charge on any atom is 0.319 e. The molecule has 1 aliphatic heterocycles. The molecule has 3 heterocycles. The number of benzene rings is 3. The molecule has 0 radical (unpaired) electrons. The number of hydrogen-bond acceptors (Lipinski definition) is 8. The summed E-state index contributed by atoms with van der Waals surface area (Å²) in [6, 6.07) is 20.6. The molecular formula is C39H45N7O5S. The lowest BCUT2D eigenvalue weighted by Gasteiger charge is -2.29. The minimum Gasteiger partial charge on any atom is -0.445 e. The van der Waals surface area contributed by atoms with Gasteiger partial charge in [0.25, 0.3) is 5.91 Å².